The van der Waals surface area contributed by atoms with Gasteiger partial charge in [-0.25, -0.2) is 0 Å². The number of hydrogen-bond donors (Lipinski definition) is 2. The number of para-hydroxylation sites is 1. The second-order valence-corrected chi connectivity index (χ2v) is 10.6. The Balaban J connectivity index is 1.28. The van der Waals surface area contributed by atoms with Crippen molar-refractivity contribution in [2.24, 2.45) is 0 Å². The molecule has 0 fully saturated rings. The first kappa shape index (κ1) is 24.9. The van der Waals surface area contributed by atoms with E-state index in [0.29, 0.717) is 16.3 Å². The molecule has 0 radical (unpaired) electrons. The van der Waals surface area contributed by atoms with Gasteiger partial charge in [0.05, 0.1) is 5.25 Å². The number of rotatable bonds is 7. The number of carbonyl (C=O) groups is 2. The lowest BCUT2D eigenvalue weighted by atomic mass is 10.1. The molecule has 37 heavy (non-hydrogen) atoms. The molecule has 1 heterocycles. The quantitative estimate of drug-likeness (QED) is 0.212. The van der Waals surface area contributed by atoms with Gasteiger partial charge in [-0.2, -0.15) is 0 Å². The van der Waals surface area contributed by atoms with Gasteiger partial charge in [0, 0.05) is 55.2 Å². The summed E-state index contributed by atoms with van der Waals surface area (Å²) in [6.07, 6.45) is 0. The molecular weight excluding hydrogens is 502 g/mol. The molecule has 0 aliphatic carbocycles. The van der Waals surface area contributed by atoms with E-state index in [1.54, 1.807) is 24.3 Å². The van der Waals surface area contributed by atoms with Crippen LogP contribution >= 0.6 is 23.4 Å². The van der Waals surface area contributed by atoms with Crippen molar-refractivity contribution in [3.8, 4) is 0 Å². The average molecular weight is 528 g/mol. The van der Waals surface area contributed by atoms with E-state index < -0.39 is 0 Å². The van der Waals surface area contributed by atoms with Crippen molar-refractivity contribution in [1.29, 1.82) is 0 Å². The molecule has 1 atom stereocenters. The zero-order chi connectivity index (χ0) is 25.9. The Hall–Kier alpha value is -3.74. The van der Waals surface area contributed by atoms with Crippen LogP contribution in [0, 0.1) is 0 Å². The third kappa shape index (κ3) is 5.36. The molecular formula is C30H26ClN3O2S. The normalized spacial score (nSPS) is 12.0. The van der Waals surface area contributed by atoms with Gasteiger partial charge in [0.25, 0.3) is 5.91 Å². The Kier molecular flexibility index (Phi) is 7.22. The topological polar surface area (TPSA) is 63.1 Å². The van der Waals surface area contributed by atoms with Crippen molar-refractivity contribution in [3.63, 3.8) is 0 Å². The number of anilines is 2. The molecule has 0 aliphatic heterocycles. The number of halogens is 1. The zero-order valence-corrected chi connectivity index (χ0v) is 22.1. The maximum Gasteiger partial charge on any atom is 0.255 e. The molecule has 5 nitrogen and oxygen atoms in total. The molecule has 0 bridgehead atoms. The number of aromatic nitrogens is 1. The number of hydrogen-bond acceptors (Lipinski definition) is 3. The van der Waals surface area contributed by atoms with Gasteiger partial charge in [-0.1, -0.05) is 41.9 Å². The molecule has 1 unspecified atom stereocenters. The van der Waals surface area contributed by atoms with Crippen LogP contribution in [0.1, 0.15) is 24.2 Å². The number of benzene rings is 4. The molecule has 0 spiro atoms. The van der Waals surface area contributed by atoms with E-state index in [9.17, 15) is 9.59 Å². The Morgan fingerprint density at radius 1 is 0.838 bits per heavy atom. The van der Waals surface area contributed by atoms with E-state index >= 15 is 0 Å². The number of amides is 2. The Morgan fingerprint density at radius 3 is 2.41 bits per heavy atom. The predicted octanol–water partition coefficient (Wildman–Crippen LogP) is 7.84. The lowest BCUT2D eigenvalue weighted by Gasteiger charge is -2.13. The van der Waals surface area contributed by atoms with Gasteiger partial charge in [0.15, 0.2) is 0 Å². The highest BCUT2D eigenvalue weighted by atomic mass is 35.5. The van der Waals surface area contributed by atoms with Crippen LogP contribution in [0.25, 0.3) is 21.8 Å². The Morgan fingerprint density at radius 2 is 1.59 bits per heavy atom. The summed E-state index contributed by atoms with van der Waals surface area (Å²) < 4.78 is 2.28. The first-order chi connectivity index (χ1) is 17.9. The fourth-order valence-corrected chi connectivity index (χ4v) is 5.57. The molecule has 5 rings (SSSR count). The van der Waals surface area contributed by atoms with Crippen LogP contribution in [-0.4, -0.2) is 21.6 Å². The van der Waals surface area contributed by atoms with Crippen molar-refractivity contribution >= 4 is 68.4 Å². The van der Waals surface area contributed by atoms with Gasteiger partial charge in [-0.3, -0.25) is 9.59 Å². The lowest BCUT2D eigenvalue weighted by molar-refractivity contribution is -0.115. The molecule has 5 aromatic rings. The highest BCUT2D eigenvalue weighted by Crippen LogP contribution is 2.32. The van der Waals surface area contributed by atoms with E-state index in [1.165, 1.54) is 22.7 Å². The van der Waals surface area contributed by atoms with E-state index in [0.717, 1.165) is 28.0 Å². The van der Waals surface area contributed by atoms with Crippen LogP contribution < -0.4 is 10.6 Å². The third-order valence-corrected chi connectivity index (χ3v) is 7.55. The number of nitrogens with one attached hydrogen (secondary N) is 2. The van der Waals surface area contributed by atoms with Crippen LogP contribution in [0.2, 0.25) is 5.02 Å². The second kappa shape index (κ2) is 10.7. The monoisotopic (exact) mass is 527 g/mol. The number of thioether (sulfide) groups is 1. The number of nitrogens with zero attached hydrogens (tertiary/aromatic N) is 1. The summed E-state index contributed by atoms with van der Waals surface area (Å²) in [4.78, 5) is 26.5. The average Bonchev–Trinajstić information content (AvgIpc) is 3.22. The summed E-state index contributed by atoms with van der Waals surface area (Å²) in [7, 11) is 0. The van der Waals surface area contributed by atoms with Crippen molar-refractivity contribution in [1.82, 2.24) is 4.57 Å². The summed E-state index contributed by atoms with van der Waals surface area (Å²) in [6, 6.07) is 28.7. The summed E-state index contributed by atoms with van der Waals surface area (Å²) >= 11 is 7.44. The fraction of sp³-hybridized carbons (Fsp3) is 0.133. The van der Waals surface area contributed by atoms with E-state index in [1.807, 2.05) is 55.5 Å². The second-order valence-electron chi connectivity index (χ2n) is 8.73. The van der Waals surface area contributed by atoms with E-state index in [4.69, 9.17) is 11.6 Å². The van der Waals surface area contributed by atoms with E-state index in [2.05, 4.69) is 40.3 Å². The van der Waals surface area contributed by atoms with E-state index in [-0.39, 0.29) is 17.1 Å². The Bertz CT molecular complexity index is 1630. The minimum absolute atomic E-state index is 0.0862. The van der Waals surface area contributed by atoms with Crippen LogP contribution in [0.5, 0.6) is 0 Å². The third-order valence-electron chi connectivity index (χ3n) is 6.22. The van der Waals surface area contributed by atoms with Crippen LogP contribution in [0.4, 0.5) is 11.4 Å². The maximum absolute atomic E-state index is 13.0. The molecule has 4 aromatic carbocycles. The minimum atomic E-state index is -0.341. The smallest absolute Gasteiger partial charge is 0.255 e. The molecule has 7 heteroatoms. The minimum Gasteiger partial charge on any atom is -0.341 e. The van der Waals surface area contributed by atoms with Gasteiger partial charge in [0.1, 0.15) is 0 Å². The van der Waals surface area contributed by atoms with Gasteiger partial charge in [-0.15, -0.1) is 11.8 Å². The molecule has 186 valence electrons. The summed E-state index contributed by atoms with van der Waals surface area (Å²) in [5, 5.41) is 8.43. The van der Waals surface area contributed by atoms with Gasteiger partial charge < -0.3 is 15.2 Å². The fourth-order valence-electron chi connectivity index (χ4n) is 4.45. The summed E-state index contributed by atoms with van der Waals surface area (Å²) in [6.45, 7) is 4.89. The zero-order valence-electron chi connectivity index (χ0n) is 20.5. The van der Waals surface area contributed by atoms with Crippen LogP contribution in [-0.2, 0) is 11.3 Å². The number of aryl methyl sites for hydroxylation is 1. The van der Waals surface area contributed by atoms with Crippen molar-refractivity contribution in [2.75, 3.05) is 10.6 Å². The summed E-state index contributed by atoms with van der Waals surface area (Å²) in [5.41, 5.74) is 4.25. The highest BCUT2D eigenvalue weighted by Gasteiger charge is 2.17. The molecule has 0 aliphatic rings. The van der Waals surface area contributed by atoms with Crippen molar-refractivity contribution in [2.45, 2.75) is 30.5 Å². The maximum atomic E-state index is 13.0. The van der Waals surface area contributed by atoms with Gasteiger partial charge >= 0.3 is 0 Å². The number of carbonyl (C=O) groups excluding carboxylic acids is 2. The highest BCUT2D eigenvalue weighted by molar-refractivity contribution is 8.00. The molecule has 2 amide bonds. The molecule has 1 aromatic heterocycles. The first-order valence-corrected chi connectivity index (χ1v) is 13.3. The largest absolute Gasteiger partial charge is 0.341 e. The van der Waals surface area contributed by atoms with Crippen LogP contribution in [0.15, 0.2) is 95.9 Å². The van der Waals surface area contributed by atoms with Crippen molar-refractivity contribution in [3.05, 3.63) is 102 Å². The van der Waals surface area contributed by atoms with Crippen LogP contribution in [0.3, 0.4) is 0 Å². The molecule has 0 saturated heterocycles. The lowest BCUT2D eigenvalue weighted by Crippen LogP contribution is -2.22. The molecule has 0 saturated carbocycles. The van der Waals surface area contributed by atoms with Crippen molar-refractivity contribution < 1.29 is 9.59 Å². The summed E-state index contributed by atoms with van der Waals surface area (Å²) in [5.74, 6) is -0.327. The standard InChI is InChI=1S/C30H26ClN3O2S/c1-3-34-27-13-5-4-12-25(27)26-18-23(14-15-28(26)34)32-29(35)19(2)37-24-11-7-10-22(17-24)33-30(36)20-8-6-9-21(31)16-20/h4-19H,3H2,1-2H3,(H,32,35)(H,33,36). The Labute approximate surface area is 224 Å². The molecule has 2 N–H and O–H groups in total. The number of fused-ring (bicyclic) bond motifs is 3. The first-order valence-electron chi connectivity index (χ1n) is 12.1. The predicted molar refractivity (Wildman–Crippen MR) is 155 cm³/mol. The van der Waals surface area contributed by atoms with Gasteiger partial charge in [-0.05, 0) is 74.5 Å². The SMILES string of the molecule is CCn1c2ccccc2c2cc(NC(=O)C(C)Sc3cccc(NC(=O)c4cccc(Cl)c4)c3)ccc21. The van der Waals surface area contributed by atoms with Gasteiger partial charge in [0.2, 0.25) is 5.91 Å².